The van der Waals surface area contributed by atoms with E-state index < -0.39 is 42.0 Å². The number of Topliss-reactive ketones (excluding diaryl/α,β-unsaturated/α-hetero) is 1. The Balaban J connectivity index is 1.68. The second kappa shape index (κ2) is 12.5. The van der Waals surface area contributed by atoms with Gasteiger partial charge in [-0.15, -0.1) is 0 Å². The highest BCUT2D eigenvalue weighted by Crippen LogP contribution is 2.10. The van der Waals surface area contributed by atoms with Gasteiger partial charge in [-0.1, -0.05) is 12.1 Å². The molecule has 4 amide bonds. The molecule has 0 saturated carbocycles. The molecule has 11 nitrogen and oxygen atoms in total. The molecule has 1 heterocycles. The molecule has 1 aromatic carbocycles. The minimum Gasteiger partial charge on any atom is -0.497 e. The van der Waals surface area contributed by atoms with E-state index >= 15 is 0 Å². The quantitative estimate of drug-likeness (QED) is 0.327. The van der Waals surface area contributed by atoms with Crippen LogP contribution in [-0.4, -0.2) is 60.6 Å². The smallest absolute Gasteiger partial charge is 0.289 e. The lowest BCUT2D eigenvalue weighted by Crippen LogP contribution is -2.49. The van der Waals surface area contributed by atoms with Gasteiger partial charge >= 0.3 is 0 Å². The monoisotopic (exact) mass is 455 g/mol. The summed E-state index contributed by atoms with van der Waals surface area (Å²) in [5.41, 5.74) is 1.11. The van der Waals surface area contributed by atoms with Gasteiger partial charge in [-0.3, -0.25) is 29.0 Å². The number of pyridine rings is 1. The van der Waals surface area contributed by atoms with Crippen LogP contribution in [0, 0.1) is 0 Å². The fourth-order valence-electron chi connectivity index (χ4n) is 2.55. The summed E-state index contributed by atoms with van der Waals surface area (Å²) in [6.07, 6.45) is 2.89. The van der Waals surface area contributed by atoms with Crippen molar-refractivity contribution < 1.29 is 28.7 Å². The van der Waals surface area contributed by atoms with Gasteiger partial charge in [0.05, 0.1) is 20.2 Å². The summed E-state index contributed by atoms with van der Waals surface area (Å²) in [6, 6.07) is 8.95. The van der Waals surface area contributed by atoms with Crippen LogP contribution < -0.4 is 26.0 Å². The molecule has 4 N–H and O–H groups in total. The molecule has 2 aromatic rings. The van der Waals surface area contributed by atoms with Crippen molar-refractivity contribution in [1.82, 2.24) is 26.3 Å². The predicted molar refractivity (Wildman–Crippen MR) is 117 cm³/mol. The zero-order valence-corrected chi connectivity index (χ0v) is 18.2. The largest absolute Gasteiger partial charge is 0.497 e. The van der Waals surface area contributed by atoms with Crippen molar-refractivity contribution in [1.29, 1.82) is 0 Å². The molecule has 0 saturated heterocycles. The van der Waals surface area contributed by atoms with Crippen molar-refractivity contribution in [2.45, 2.75) is 19.5 Å². The molecule has 2 rings (SSSR count). The average Bonchev–Trinajstić information content (AvgIpc) is 2.84. The summed E-state index contributed by atoms with van der Waals surface area (Å²) in [7, 11) is 1.54. The van der Waals surface area contributed by atoms with Crippen molar-refractivity contribution in [2.24, 2.45) is 0 Å². The van der Waals surface area contributed by atoms with Gasteiger partial charge in [0.25, 0.3) is 11.8 Å². The molecular weight excluding hydrogens is 430 g/mol. The molecule has 0 aliphatic rings. The Hall–Kier alpha value is -4.28. The van der Waals surface area contributed by atoms with Gasteiger partial charge in [-0.05, 0) is 36.8 Å². The van der Waals surface area contributed by atoms with Crippen LogP contribution >= 0.6 is 0 Å². The predicted octanol–water partition coefficient (Wildman–Crippen LogP) is -0.674. The summed E-state index contributed by atoms with van der Waals surface area (Å²) in [5, 5.41) is 9.58. The zero-order valence-electron chi connectivity index (χ0n) is 18.2. The van der Waals surface area contributed by atoms with E-state index in [1.807, 2.05) is 0 Å². The van der Waals surface area contributed by atoms with Crippen LogP contribution in [0.2, 0.25) is 0 Å². The van der Waals surface area contributed by atoms with E-state index in [2.05, 4.69) is 26.3 Å². The molecule has 0 radical (unpaired) electrons. The Morgan fingerprint density at radius 3 is 2.21 bits per heavy atom. The first kappa shape index (κ1) is 25.0. The number of methoxy groups -OCH3 is 1. The number of ether oxygens (including phenoxy) is 1. The highest BCUT2D eigenvalue weighted by molar-refractivity contribution is 6.37. The summed E-state index contributed by atoms with van der Waals surface area (Å²) in [5.74, 6) is -2.72. The number of rotatable bonds is 11. The van der Waals surface area contributed by atoms with Crippen LogP contribution in [0.25, 0.3) is 0 Å². The summed E-state index contributed by atoms with van der Waals surface area (Å²) < 4.78 is 5.04. The SMILES string of the molecule is COc1ccc(CNC(=O)C(=O)CNC(=O)[C@H](C)NC(=O)CNC(=O)c2ccncc2)cc1. The number of nitrogens with zero attached hydrogens (tertiary/aromatic N) is 1. The molecule has 1 atom stereocenters. The molecule has 0 fully saturated rings. The molecule has 0 unspecified atom stereocenters. The van der Waals surface area contributed by atoms with Crippen molar-refractivity contribution in [2.75, 3.05) is 20.2 Å². The number of amides is 4. The normalized spacial score (nSPS) is 11.0. The van der Waals surface area contributed by atoms with Gasteiger partial charge in [0.2, 0.25) is 17.6 Å². The van der Waals surface area contributed by atoms with Crippen LogP contribution in [0.1, 0.15) is 22.8 Å². The van der Waals surface area contributed by atoms with E-state index in [4.69, 9.17) is 4.74 Å². The maximum Gasteiger partial charge on any atom is 0.289 e. The van der Waals surface area contributed by atoms with E-state index in [0.29, 0.717) is 11.3 Å². The number of hydrogen-bond acceptors (Lipinski definition) is 7. The maximum atomic E-state index is 12.1. The third kappa shape index (κ3) is 8.40. The molecule has 1 aromatic heterocycles. The van der Waals surface area contributed by atoms with Gasteiger partial charge in [0.1, 0.15) is 11.8 Å². The standard InChI is InChI=1S/C22H25N5O6/c1-14(27-19(29)13-26-21(31)16-7-9-23-10-8-16)20(30)25-12-18(28)22(32)24-11-15-3-5-17(33-2)6-4-15/h3-10,14H,11-13H2,1-2H3,(H,24,32)(H,25,30)(H,26,31)(H,27,29)/t14-/m0/s1. The molecule has 11 heteroatoms. The zero-order chi connectivity index (χ0) is 24.2. The molecular formula is C22H25N5O6. The number of carbonyl (C=O) groups is 5. The molecule has 33 heavy (non-hydrogen) atoms. The van der Waals surface area contributed by atoms with Crippen LogP contribution in [-0.2, 0) is 25.7 Å². The third-order valence-corrected chi connectivity index (χ3v) is 4.41. The fourth-order valence-corrected chi connectivity index (χ4v) is 2.55. The first-order chi connectivity index (χ1) is 15.8. The molecule has 0 spiro atoms. The molecule has 0 aliphatic carbocycles. The Bertz CT molecular complexity index is 994. The van der Waals surface area contributed by atoms with E-state index in [9.17, 15) is 24.0 Å². The Kier molecular flexibility index (Phi) is 9.50. The summed E-state index contributed by atoms with van der Waals surface area (Å²) >= 11 is 0. The van der Waals surface area contributed by atoms with Gasteiger partial charge in [-0.2, -0.15) is 0 Å². The van der Waals surface area contributed by atoms with Crippen LogP contribution in [0.4, 0.5) is 0 Å². The first-order valence-electron chi connectivity index (χ1n) is 9.99. The van der Waals surface area contributed by atoms with Crippen molar-refractivity contribution in [3.63, 3.8) is 0 Å². The Morgan fingerprint density at radius 2 is 1.58 bits per heavy atom. The second-order valence-corrected chi connectivity index (χ2v) is 6.88. The number of nitrogens with one attached hydrogen (secondary N) is 4. The fraction of sp³-hybridized carbons (Fsp3) is 0.273. The number of ketones is 1. The number of aromatic nitrogens is 1. The van der Waals surface area contributed by atoms with Gasteiger partial charge in [-0.25, -0.2) is 0 Å². The number of hydrogen-bond donors (Lipinski definition) is 4. The third-order valence-electron chi connectivity index (χ3n) is 4.41. The van der Waals surface area contributed by atoms with E-state index in [1.54, 1.807) is 24.3 Å². The Morgan fingerprint density at radius 1 is 0.909 bits per heavy atom. The minimum atomic E-state index is -0.981. The summed E-state index contributed by atoms with van der Waals surface area (Å²) in [6.45, 7) is 0.685. The summed E-state index contributed by atoms with van der Waals surface area (Å²) in [4.78, 5) is 63.6. The van der Waals surface area contributed by atoms with E-state index in [0.717, 1.165) is 5.56 Å². The number of carbonyl (C=O) groups excluding carboxylic acids is 5. The molecule has 0 bridgehead atoms. The maximum absolute atomic E-state index is 12.1. The second-order valence-electron chi connectivity index (χ2n) is 6.88. The van der Waals surface area contributed by atoms with E-state index in [-0.39, 0.29) is 13.1 Å². The van der Waals surface area contributed by atoms with E-state index in [1.165, 1.54) is 38.6 Å². The van der Waals surface area contributed by atoms with Crippen molar-refractivity contribution in [3.8, 4) is 5.75 Å². The molecule has 174 valence electrons. The average molecular weight is 455 g/mol. The lowest BCUT2D eigenvalue weighted by molar-refractivity contribution is -0.138. The number of benzene rings is 1. The van der Waals surface area contributed by atoms with Crippen LogP contribution in [0.5, 0.6) is 5.75 Å². The Labute approximate surface area is 190 Å². The highest BCUT2D eigenvalue weighted by atomic mass is 16.5. The minimum absolute atomic E-state index is 0.139. The van der Waals surface area contributed by atoms with Gasteiger partial charge < -0.3 is 26.0 Å². The van der Waals surface area contributed by atoms with Crippen LogP contribution in [0.3, 0.4) is 0 Å². The lowest BCUT2D eigenvalue weighted by Gasteiger charge is -2.14. The van der Waals surface area contributed by atoms with Crippen LogP contribution in [0.15, 0.2) is 48.8 Å². The lowest BCUT2D eigenvalue weighted by atomic mass is 10.2. The van der Waals surface area contributed by atoms with Crippen molar-refractivity contribution in [3.05, 3.63) is 59.9 Å². The van der Waals surface area contributed by atoms with Gasteiger partial charge in [0, 0.05) is 24.5 Å². The van der Waals surface area contributed by atoms with Gasteiger partial charge in [0.15, 0.2) is 0 Å². The molecule has 0 aliphatic heterocycles. The van der Waals surface area contributed by atoms with Crippen molar-refractivity contribution >= 4 is 29.4 Å². The topological polar surface area (TPSA) is 156 Å². The first-order valence-corrected chi connectivity index (χ1v) is 9.99. The highest BCUT2D eigenvalue weighted by Gasteiger charge is 2.19.